The molecule has 156 valence electrons. The number of carbonyl (C=O) groups is 1. The molecule has 1 heterocycles. The van der Waals surface area contributed by atoms with E-state index in [2.05, 4.69) is 5.32 Å². The van der Waals surface area contributed by atoms with Gasteiger partial charge >= 0.3 is 0 Å². The van der Waals surface area contributed by atoms with Crippen LogP contribution in [0, 0.1) is 5.92 Å². The van der Waals surface area contributed by atoms with Gasteiger partial charge in [0.25, 0.3) is 0 Å². The fourth-order valence-corrected chi connectivity index (χ4v) is 5.69. The first-order valence-electron chi connectivity index (χ1n) is 9.53. The molecule has 0 radical (unpaired) electrons. The minimum atomic E-state index is -3.59. The van der Waals surface area contributed by atoms with Crippen LogP contribution in [0.25, 0.3) is 0 Å². The summed E-state index contributed by atoms with van der Waals surface area (Å²) in [6.45, 7) is 2.51. The van der Waals surface area contributed by atoms with Gasteiger partial charge in [-0.15, -0.1) is 0 Å². The van der Waals surface area contributed by atoms with Crippen LogP contribution < -0.4 is 5.32 Å². The second-order valence-corrected chi connectivity index (χ2v) is 10.1. The smallest absolute Gasteiger partial charge is 0.224 e. The second-order valence-electron chi connectivity index (χ2n) is 7.33. The highest BCUT2D eigenvalue weighted by molar-refractivity contribution is 7.88. The van der Waals surface area contributed by atoms with Gasteiger partial charge in [0, 0.05) is 23.1 Å². The molecule has 0 spiro atoms. The third-order valence-electron chi connectivity index (χ3n) is 5.16. The van der Waals surface area contributed by atoms with E-state index in [0.717, 1.165) is 5.56 Å². The zero-order chi connectivity index (χ0) is 21.0. The molecule has 1 saturated heterocycles. The average Bonchev–Trinajstić information content (AvgIpc) is 2.71. The van der Waals surface area contributed by atoms with E-state index < -0.39 is 10.0 Å². The molecule has 1 amide bonds. The van der Waals surface area contributed by atoms with E-state index in [1.165, 1.54) is 10.4 Å². The highest BCUT2D eigenvalue weighted by Gasteiger charge is 2.33. The van der Waals surface area contributed by atoms with Crippen LogP contribution >= 0.6 is 23.2 Å². The van der Waals surface area contributed by atoms with Crippen LogP contribution in [0.15, 0.2) is 48.5 Å². The Morgan fingerprint density at radius 2 is 1.93 bits per heavy atom. The fraction of sp³-hybridized carbons (Fsp3) is 0.381. The van der Waals surface area contributed by atoms with Crippen molar-refractivity contribution in [3.8, 4) is 0 Å². The number of sulfonamides is 1. The first-order valence-corrected chi connectivity index (χ1v) is 11.9. The van der Waals surface area contributed by atoms with Gasteiger partial charge in [-0.2, -0.15) is 0 Å². The Kier molecular flexibility index (Phi) is 7.22. The third-order valence-corrected chi connectivity index (χ3v) is 7.54. The topological polar surface area (TPSA) is 66.5 Å². The van der Waals surface area contributed by atoms with E-state index in [4.69, 9.17) is 23.2 Å². The lowest BCUT2D eigenvalue weighted by molar-refractivity contribution is -0.126. The van der Waals surface area contributed by atoms with Crippen LogP contribution in [0.1, 0.15) is 36.9 Å². The van der Waals surface area contributed by atoms with Gasteiger partial charge in [-0.25, -0.2) is 12.7 Å². The lowest BCUT2D eigenvalue weighted by Crippen LogP contribution is -2.46. The van der Waals surface area contributed by atoms with Crippen LogP contribution in [0.4, 0.5) is 0 Å². The van der Waals surface area contributed by atoms with Crippen LogP contribution in [-0.4, -0.2) is 31.7 Å². The fourth-order valence-electron chi connectivity index (χ4n) is 3.49. The Balaban J connectivity index is 1.65. The molecular formula is C21H24Cl2N2O3S. The molecule has 0 aliphatic carbocycles. The summed E-state index contributed by atoms with van der Waals surface area (Å²) in [6, 6.07) is 14.3. The maximum absolute atomic E-state index is 12.9. The van der Waals surface area contributed by atoms with Crippen LogP contribution in [0.3, 0.4) is 0 Å². The molecule has 1 aliphatic rings. The first-order chi connectivity index (χ1) is 13.8. The summed E-state index contributed by atoms with van der Waals surface area (Å²) in [6.07, 6.45) is 1.31. The normalized spacial score (nSPS) is 18.9. The van der Waals surface area contributed by atoms with E-state index >= 15 is 0 Å². The number of nitrogens with zero attached hydrogens (tertiary/aromatic N) is 1. The highest BCUT2D eigenvalue weighted by Crippen LogP contribution is 2.26. The van der Waals surface area contributed by atoms with Gasteiger partial charge in [-0.1, -0.05) is 59.6 Å². The van der Waals surface area contributed by atoms with Crippen molar-refractivity contribution in [3.63, 3.8) is 0 Å². The van der Waals surface area contributed by atoms with Gasteiger partial charge in [-0.05, 0) is 43.0 Å². The molecule has 0 unspecified atom stereocenters. The SMILES string of the molecule is C[C@H](NC(=O)[C@@H]1CCCN(S(=O)(=O)Cc2ccc(Cl)cc2Cl)C1)c1ccccc1. The third kappa shape index (κ3) is 5.72. The Labute approximate surface area is 182 Å². The molecule has 1 N–H and O–H groups in total. The van der Waals surface area contributed by atoms with Crippen molar-refractivity contribution in [3.05, 3.63) is 69.7 Å². The van der Waals surface area contributed by atoms with Crippen LogP contribution in [0.5, 0.6) is 0 Å². The molecular weight excluding hydrogens is 431 g/mol. The summed E-state index contributed by atoms with van der Waals surface area (Å²) >= 11 is 12.0. The summed E-state index contributed by atoms with van der Waals surface area (Å²) < 4.78 is 27.2. The minimum absolute atomic E-state index is 0.120. The zero-order valence-corrected chi connectivity index (χ0v) is 18.5. The Hall–Kier alpha value is -1.60. The van der Waals surface area contributed by atoms with Gasteiger partial charge in [0.2, 0.25) is 15.9 Å². The predicted octanol–water partition coefficient (Wildman–Crippen LogP) is 4.41. The monoisotopic (exact) mass is 454 g/mol. The Morgan fingerprint density at radius 1 is 1.21 bits per heavy atom. The summed E-state index contributed by atoms with van der Waals surface area (Å²) in [5.74, 6) is -0.700. The van der Waals surface area contributed by atoms with Gasteiger partial charge in [0.05, 0.1) is 17.7 Å². The Morgan fingerprint density at radius 3 is 2.62 bits per heavy atom. The van der Waals surface area contributed by atoms with E-state index in [1.54, 1.807) is 12.1 Å². The molecule has 0 saturated carbocycles. The number of nitrogens with one attached hydrogen (secondary N) is 1. The number of rotatable bonds is 6. The molecule has 0 aromatic heterocycles. The number of piperidine rings is 1. The molecule has 2 aromatic rings. The summed E-state index contributed by atoms with van der Waals surface area (Å²) in [5, 5.41) is 3.79. The maximum Gasteiger partial charge on any atom is 0.224 e. The van der Waals surface area contributed by atoms with E-state index in [1.807, 2.05) is 37.3 Å². The first kappa shape index (κ1) is 22.1. The molecule has 3 rings (SSSR count). The number of hydrogen-bond donors (Lipinski definition) is 1. The predicted molar refractivity (Wildman–Crippen MR) is 116 cm³/mol. The van der Waals surface area contributed by atoms with Crippen molar-refractivity contribution in [2.45, 2.75) is 31.6 Å². The molecule has 2 atom stereocenters. The van der Waals surface area contributed by atoms with E-state index in [-0.39, 0.29) is 30.2 Å². The van der Waals surface area contributed by atoms with E-state index in [0.29, 0.717) is 35.0 Å². The number of benzene rings is 2. The molecule has 8 heteroatoms. The van der Waals surface area contributed by atoms with Crippen molar-refractivity contribution in [2.75, 3.05) is 13.1 Å². The summed E-state index contributed by atoms with van der Waals surface area (Å²) in [4.78, 5) is 12.7. The largest absolute Gasteiger partial charge is 0.349 e. The molecule has 0 bridgehead atoms. The Bertz CT molecular complexity index is 967. The van der Waals surface area contributed by atoms with Crippen molar-refractivity contribution in [1.29, 1.82) is 0 Å². The molecule has 1 fully saturated rings. The quantitative estimate of drug-likeness (QED) is 0.702. The standard InChI is InChI=1S/C21H24Cl2N2O3S/c1-15(16-6-3-2-4-7-16)24-21(26)17-8-5-11-25(13-17)29(27,28)14-18-9-10-19(22)12-20(18)23/h2-4,6-7,9-10,12,15,17H,5,8,11,13-14H2,1H3,(H,24,26)/t15-,17+/m0/s1. The van der Waals surface area contributed by atoms with Gasteiger partial charge in [0.15, 0.2) is 0 Å². The number of hydrogen-bond acceptors (Lipinski definition) is 3. The number of halogens is 2. The van der Waals surface area contributed by atoms with Crippen molar-refractivity contribution < 1.29 is 13.2 Å². The highest BCUT2D eigenvalue weighted by atomic mass is 35.5. The lowest BCUT2D eigenvalue weighted by atomic mass is 9.98. The van der Waals surface area contributed by atoms with Gasteiger partial charge in [-0.3, -0.25) is 4.79 Å². The molecule has 5 nitrogen and oxygen atoms in total. The lowest BCUT2D eigenvalue weighted by Gasteiger charge is -2.32. The zero-order valence-electron chi connectivity index (χ0n) is 16.1. The molecule has 1 aliphatic heterocycles. The second kappa shape index (κ2) is 9.47. The molecule has 29 heavy (non-hydrogen) atoms. The van der Waals surface area contributed by atoms with Gasteiger partial charge < -0.3 is 5.32 Å². The van der Waals surface area contributed by atoms with Gasteiger partial charge in [0.1, 0.15) is 0 Å². The summed E-state index contributed by atoms with van der Waals surface area (Å²) in [7, 11) is -3.59. The maximum atomic E-state index is 12.9. The molecule has 2 aromatic carbocycles. The van der Waals surface area contributed by atoms with Crippen LogP contribution in [-0.2, 0) is 20.6 Å². The number of amides is 1. The van der Waals surface area contributed by atoms with E-state index in [9.17, 15) is 13.2 Å². The van der Waals surface area contributed by atoms with Crippen LogP contribution in [0.2, 0.25) is 10.0 Å². The minimum Gasteiger partial charge on any atom is -0.349 e. The number of carbonyl (C=O) groups excluding carboxylic acids is 1. The van der Waals surface area contributed by atoms with Crippen molar-refractivity contribution in [2.24, 2.45) is 5.92 Å². The average molecular weight is 455 g/mol. The summed E-state index contributed by atoms with van der Waals surface area (Å²) in [5.41, 5.74) is 1.51. The van der Waals surface area contributed by atoms with Crippen molar-refractivity contribution >= 4 is 39.1 Å². The van der Waals surface area contributed by atoms with Crippen molar-refractivity contribution in [1.82, 2.24) is 9.62 Å².